The lowest BCUT2D eigenvalue weighted by Gasteiger charge is -2.29. The minimum absolute atomic E-state index is 0.204. The number of carbonyl (C=O) groups is 3. The van der Waals surface area contributed by atoms with Crippen LogP contribution >= 0.6 is 0 Å². The van der Waals surface area contributed by atoms with Gasteiger partial charge >= 0.3 is 0 Å². The van der Waals surface area contributed by atoms with Gasteiger partial charge in [-0.25, -0.2) is 0 Å². The molecule has 0 bridgehead atoms. The Kier molecular flexibility index (Phi) is 7.46. The lowest BCUT2D eigenvalue weighted by atomic mass is 10.0. The Hall–Kier alpha value is -2.70. The lowest BCUT2D eigenvalue weighted by molar-refractivity contribution is -0.136. The summed E-state index contributed by atoms with van der Waals surface area (Å²) in [5.41, 5.74) is 2.16. The first-order chi connectivity index (χ1) is 14.8. The third-order valence-corrected chi connectivity index (χ3v) is 5.89. The summed E-state index contributed by atoms with van der Waals surface area (Å²) in [6.45, 7) is 0.518. The van der Waals surface area contributed by atoms with Crippen LogP contribution in [0, 0.1) is 11.8 Å². The molecule has 0 saturated carbocycles. The summed E-state index contributed by atoms with van der Waals surface area (Å²) < 4.78 is 26.5. The molecule has 1 N–H and O–H groups in total. The Bertz CT molecular complexity index is 1040. The SMILES string of the molecule is CS(=O)(=O)OCCCCCCC#Cc1cccc2c1CN(C1CCC(=O)NC1=O)C2=O. The Balaban J connectivity index is 1.52. The molecule has 2 heterocycles. The standard InChI is InChI=1S/C22H26N2O6S/c1-31(28,29)30-14-7-5-3-2-4-6-9-16-10-8-11-17-18(16)15-24(22(17)27)19-12-13-20(25)23-21(19)26/h8,10-11,19H,2-5,7,12-15H2,1H3,(H,23,25,26). The number of unbranched alkanes of at least 4 members (excludes halogenated alkanes) is 4. The van der Waals surface area contributed by atoms with E-state index in [1.54, 1.807) is 12.1 Å². The van der Waals surface area contributed by atoms with Gasteiger partial charge in [0.05, 0.1) is 12.9 Å². The van der Waals surface area contributed by atoms with E-state index in [0.29, 0.717) is 31.4 Å². The zero-order valence-corrected chi connectivity index (χ0v) is 18.3. The Morgan fingerprint density at radius 1 is 1.16 bits per heavy atom. The van der Waals surface area contributed by atoms with Crippen molar-refractivity contribution < 1.29 is 27.0 Å². The van der Waals surface area contributed by atoms with E-state index in [1.807, 2.05) is 6.07 Å². The Morgan fingerprint density at radius 3 is 2.68 bits per heavy atom. The zero-order chi connectivity index (χ0) is 22.4. The van der Waals surface area contributed by atoms with Crippen molar-refractivity contribution in [1.82, 2.24) is 10.2 Å². The number of imide groups is 1. The highest BCUT2D eigenvalue weighted by Crippen LogP contribution is 2.29. The van der Waals surface area contributed by atoms with Crippen molar-refractivity contribution in [2.45, 2.75) is 57.5 Å². The van der Waals surface area contributed by atoms with Gasteiger partial charge in [-0.1, -0.05) is 30.7 Å². The van der Waals surface area contributed by atoms with Crippen molar-refractivity contribution in [3.05, 3.63) is 34.9 Å². The molecule has 1 saturated heterocycles. The second-order valence-corrected chi connectivity index (χ2v) is 9.37. The molecule has 1 aromatic carbocycles. The predicted octanol–water partition coefficient (Wildman–Crippen LogP) is 1.73. The van der Waals surface area contributed by atoms with Gasteiger partial charge < -0.3 is 4.90 Å². The van der Waals surface area contributed by atoms with Gasteiger partial charge in [0.1, 0.15) is 6.04 Å². The zero-order valence-electron chi connectivity index (χ0n) is 17.5. The highest BCUT2D eigenvalue weighted by molar-refractivity contribution is 7.85. The van der Waals surface area contributed by atoms with Gasteiger partial charge in [0.2, 0.25) is 11.8 Å². The fraction of sp³-hybridized carbons (Fsp3) is 0.500. The number of carbonyl (C=O) groups excluding carboxylic acids is 3. The third kappa shape index (κ3) is 6.15. The van der Waals surface area contributed by atoms with E-state index in [1.165, 1.54) is 4.90 Å². The molecule has 1 atom stereocenters. The summed E-state index contributed by atoms with van der Waals surface area (Å²) in [6, 6.07) is 4.77. The average Bonchev–Trinajstić information content (AvgIpc) is 3.03. The molecule has 166 valence electrons. The van der Waals surface area contributed by atoms with Crippen LogP contribution in [0.5, 0.6) is 0 Å². The van der Waals surface area contributed by atoms with Crippen molar-refractivity contribution in [1.29, 1.82) is 0 Å². The molecule has 0 aliphatic carbocycles. The lowest BCUT2D eigenvalue weighted by Crippen LogP contribution is -2.52. The van der Waals surface area contributed by atoms with Crippen LogP contribution in [0.1, 0.15) is 66.4 Å². The molecule has 3 amide bonds. The number of amides is 3. The van der Waals surface area contributed by atoms with Gasteiger partial charge in [-0.05, 0) is 37.0 Å². The van der Waals surface area contributed by atoms with Gasteiger partial charge in [-0.15, -0.1) is 0 Å². The first-order valence-electron chi connectivity index (χ1n) is 10.4. The van der Waals surface area contributed by atoms with Gasteiger partial charge in [0.25, 0.3) is 16.0 Å². The molecule has 8 nitrogen and oxygen atoms in total. The van der Waals surface area contributed by atoms with Crippen LogP contribution in [0.2, 0.25) is 0 Å². The van der Waals surface area contributed by atoms with Gasteiger partial charge in [-0.3, -0.25) is 23.9 Å². The fourth-order valence-electron chi connectivity index (χ4n) is 3.74. The fourth-order valence-corrected chi connectivity index (χ4v) is 4.16. The molecule has 0 radical (unpaired) electrons. The van der Waals surface area contributed by atoms with E-state index in [9.17, 15) is 22.8 Å². The number of hydrogen-bond donors (Lipinski definition) is 1. The first kappa shape index (κ1) is 23.0. The van der Waals surface area contributed by atoms with Crippen LogP contribution in [0.25, 0.3) is 0 Å². The number of rotatable bonds is 8. The molecule has 1 unspecified atom stereocenters. The van der Waals surface area contributed by atoms with Crippen molar-refractivity contribution in [3.8, 4) is 11.8 Å². The topological polar surface area (TPSA) is 110 Å². The number of piperidine rings is 1. The first-order valence-corrected chi connectivity index (χ1v) is 12.2. The maximum atomic E-state index is 12.8. The maximum absolute atomic E-state index is 12.8. The van der Waals surface area contributed by atoms with Crippen LogP contribution in [-0.2, 0) is 30.4 Å². The summed E-state index contributed by atoms with van der Waals surface area (Å²) >= 11 is 0. The molecule has 2 aliphatic rings. The molecule has 3 rings (SSSR count). The Morgan fingerprint density at radius 2 is 1.94 bits per heavy atom. The average molecular weight is 447 g/mol. The molecular weight excluding hydrogens is 420 g/mol. The summed E-state index contributed by atoms with van der Waals surface area (Å²) in [5.74, 6) is 5.35. The van der Waals surface area contributed by atoms with Crippen LogP contribution in [0.3, 0.4) is 0 Å². The van der Waals surface area contributed by atoms with Crippen LogP contribution in [0.15, 0.2) is 18.2 Å². The predicted molar refractivity (Wildman–Crippen MR) is 113 cm³/mol. The van der Waals surface area contributed by atoms with Crippen molar-refractivity contribution >= 4 is 27.8 Å². The minimum atomic E-state index is -3.37. The maximum Gasteiger partial charge on any atom is 0.264 e. The van der Waals surface area contributed by atoms with Crippen LogP contribution < -0.4 is 5.32 Å². The number of nitrogens with zero attached hydrogens (tertiary/aromatic N) is 1. The van der Waals surface area contributed by atoms with Crippen molar-refractivity contribution in [2.24, 2.45) is 0 Å². The molecule has 2 aliphatic heterocycles. The van der Waals surface area contributed by atoms with Crippen LogP contribution in [0.4, 0.5) is 0 Å². The molecule has 31 heavy (non-hydrogen) atoms. The molecule has 1 aromatic rings. The van der Waals surface area contributed by atoms with Crippen LogP contribution in [-0.4, -0.2) is 49.9 Å². The van der Waals surface area contributed by atoms with Crippen molar-refractivity contribution in [2.75, 3.05) is 12.9 Å². The van der Waals surface area contributed by atoms with Crippen molar-refractivity contribution in [3.63, 3.8) is 0 Å². The summed E-state index contributed by atoms with van der Waals surface area (Å²) in [7, 11) is -3.37. The minimum Gasteiger partial charge on any atom is -0.322 e. The van der Waals surface area contributed by atoms with E-state index >= 15 is 0 Å². The highest BCUT2D eigenvalue weighted by atomic mass is 32.2. The third-order valence-electron chi connectivity index (χ3n) is 5.30. The molecule has 9 heteroatoms. The summed E-state index contributed by atoms with van der Waals surface area (Å²) in [5, 5.41) is 2.30. The van der Waals surface area contributed by atoms with E-state index in [4.69, 9.17) is 4.18 Å². The molecule has 0 aromatic heterocycles. The number of fused-ring (bicyclic) bond motifs is 1. The van der Waals surface area contributed by atoms with Gasteiger partial charge in [0.15, 0.2) is 0 Å². The quantitative estimate of drug-likeness (QED) is 0.282. The molecular formula is C22H26N2O6S. The second-order valence-electron chi connectivity index (χ2n) is 7.72. The number of nitrogens with one attached hydrogen (secondary N) is 1. The highest BCUT2D eigenvalue weighted by Gasteiger charge is 2.39. The Labute approximate surface area is 182 Å². The van der Waals surface area contributed by atoms with E-state index in [2.05, 4.69) is 17.2 Å². The number of benzene rings is 1. The van der Waals surface area contributed by atoms with E-state index < -0.39 is 22.1 Å². The van der Waals surface area contributed by atoms with E-state index in [0.717, 1.165) is 36.6 Å². The van der Waals surface area contributed by atoms with Gasteiger partial charge in [0, 0.05) is 30.5 Å². The second kappa shape index (κ2) is 10.1. The summed E-state index contributed by atoms with van der Waals surface area (Å²) in [4.78, 5) is 37.9. The number of hydrogen-bond acceptors (Lipinski definition) is 6. The van der Waals surface area contributed by atoms with E-state index in [-0.39, 0.29) is 24.8 Å². The monoisotopic (exact) mass is 446 g/mol. The molecule has 0 spiro atoms. The molecule has 1 fully saturated rings. The smallest absolute Gasteiger partial charge is 0.264 e. The van der Waals surface area contributed by atoms with Gasteiger partial charge in [-0.2, -0.15) is 8.42 Å². The normalized spacial score (nSPS) is 18.4. The summed E-state index contributed by atoms with van der Waals surface area (Å²) in [6.07, 6.45) is 5.67. The largest absolute Gasteiger partial charge is 0.322 e.